The van der Waals surface area contributed by atoms with Crippen LogP contribution in [0.15, 0.2) is 72.8 Å². The van der Waals surface area contributed by atoms with Crippen LogP contribution in [0.3, 0.4) is 0 Å². The lowest BCUT2D eigenvalue weighted by Crippen LogP contribution is -2.19. The van der Waals surface area contributed by atoms with Crippen LogP contribution in [0.5, 0.6) is 0 Å². The largest absolute Gasteiger partial charge is 0.462 e. The van der Waals surface area contributed by atoms with E-state index >= 15 is 0 Å². The van der Waals surface area contributed by atoms with Gasteiger partial charge in [-0.3, -0.25) is 10.1 Å². The Hall–Kier alpha value is -3.28. The first-order chi connectivity index (χ1) is 15.8. The van der Waals surface area contributed by atoms with Crippen LogP contribution in [0, 0.1) is 0 Å². The van der Waals surface area contributed by atoms with Crippen LogP contribution in [-0.2, 0) is 27.9 Å². The summed E-state index contributed by atoms with van der Waals surface area (Å²) in [5.74, 6) is -0.427. The number of Topliss-reactive ketones (excluding diaryl/α,β-unsaturated/α-hetero) is 1. The van der Waals surface area contributed by atoms with Crippen molar-refractivity contribution in [3.63, 3.8) is 0 Å². The molecule has 0 spiro atoms. The fourth-order valence-corrected chi connectivity index (χ4v) is 3.69. The van der Waals surface area contributed by atoms with Gasteiger partial charge in [-0.25, -0.2) is 9.68 Å². The first kappa shape index (κ1) is 24.4. The molecule has 3 rings (SSSR count). The van der Waals surface area contributed by atoms with E-state index in [1.54, 1.807) is 24.3 Å². The molecule has 0 aliphatic heterocycles. The molecule has 172 valence electrons. The zero-order chi connectivity index (χ0) is 23.8. The van der Waals surface area contributed by atoms with Crippen molar-refractivity contribution >= 4 is 11.8 Å². The summed E-state index contributed by atoms with van der Waals surface area (Å²) in [6, 6.07) is 23.2. The normalized spacial score (nSPS) is 11.3. The molecule has 0 aliphatic rings. The average molecular weight is 447 g/mol. The number of ketones is 1. The molecule has 5 nitrogen and oxygen atoms in total. The van der Waals surface area contributed by atoms with E-state index in [0.717, 1.165) is 11.1 Å². The summed E-state index contributed by atoms with van der Waals surface area (Å²) >= 11 is 0. The molecule has 0 atom stereocenters. The molecular weight excluding hydrogens is 416 g/mol. The fraction of sp³-hybridized carbons (Fsp3) is 0.286. The van der Waals surface area contributed by atoms with E-state index in [2.05, 4.69) is 67.3 Å². The maximum absolute atomic E-state index is 12.2. The van der Waals surface area contributed by atoms with Gasteiger partial charge in [0.05, 0.1) is 18.8 Å². The van der Waals surface area contributed by atoms with Gasteiger partial charge in [0.1, 0.15) is 0 Å². The van der Waals surface area contributed by atoms with Gasteiger partial charge in [0, 0.05) is 17.4 Å². The van der Waals surface area contributed by atoms with Gasteiger partial charge in [-0.1, -0.05) is 74.5 Å². The van der Waals surface area contributed by atoms with E-state index < -0.39 is 5.97 Å². The summed E-state index contributed by atoms with van der Waals surface area (Å²) in [7, 11) is 0. The molecule has 0 saturated heterocycles. The smallest absolute Gasteiger partial charge is 0.338 e. The second-order valence-corrected chi connectivity index (χ2v) is 8.62. The Morgan fingerprint density at radius 2 is 1.18 bits per heavy atom. The van der Waals surface area contributed by atoms with Gasteiger partial charge in [-0.15, -0.1) is 0 Å². The maximum Gasteiger partial charge on any atom is 0.338 e. The number of hydrogen-bond acceptors (Lipinski definition) is 5. The van der Waals surface area contributed by atoms with Crippen LogP contribution >= 0.6 is 0 Å². The van der Waals surface area contributed by atoms with Crippen LogP contribution < -0.4 is 0 Å². The number of rotatable bonds is 10. The third-order valence-corrected chi connectivity index (χ3v) is 5.98. The third-order valence-electron chi connectivity index (χ3n) is 5.98. The number of esters is 1. The second-order valence-electron chi connectivity index (χ2n) is 8.62. The SMILES string of the molecule is CC(=O)c1ccc(C(=O)OCCc2ccc(C(C)(C)c3ccc(CCOO)cc3)cc2)cc1. The lowest BCUT2D eigenvalue weighted by molar-refractivity contribution is -0.241. The molecule has 3 aromatic rings. The highest BCUT2D eigenvalue weighted by molar-refractivity contribution is 5.96. The molecule has 0 radical (unpaired) electrons. The highest BCUT2D eigenvalue weighted by Crippen LogP contribution is 2.31. The van der Waals surface area contributed by atoms with Gasteiger partial charge in [-0.05, 0) is 47.7 Å². The van der Waals surface area contributed by atoms with Crippen molar-refractivity contribution in [3.05, 3.63) is 106 Å². The zero-order valence-corrected chi connectivity index (χ0v) is 19.3. The lowest BCUT2D eigenvalue weighted by Gasteiger charge is -2.26. The Balaban J connectivity index is 1.56. The van der Waals surface area contributed by atoms with Gasteiger partial charge in [0.15, 0.2) is 5.78 Å². The van der Waals surface area contributed by atoms with E-state index in [0.29, 0.717) is 24.0 Å². The van der Waals surface area contributed by atoms with Crippen molar-refractivity contribution in [2.24, 2.45) is 0 Å². The topological polar surface area (TPSA) is 72.8 Å². The van der Waals surface area contributed by atoms with Crippen molar-refractivity contribution in [3.8, 4) is 0 Å². The van der Waals surface area contributed by atoms with E-state index in [1.807, 2.05) is 0 Å². The quantitative estimate of drug-likeness (QED) is 0.189. The molecule has 3 aromatic carbocycles. The number of carbonyl (C=O) groups is 2. The summed E-state index contributed by atoms with van der Waals surface area (Å²) in [6.07, 6.45) is 1.29. The number of ether oxygens (including phenoxy) is 1. The molecule has 33 heavy (non-hydrogen) atoms. The molecule has 0 heterocycles. The van der Waals surface area contributed by atoms with Gasteiger partial charge >= 0.3 is 5.97 Å². The summed E-state index contributed by atoms with van der Waals surface area (Å²) in [5.41, 5.74) is 5.45. The van der Waals surface area contributed by atoms with Crippen molar-refractivity contribution in [1.29, 1.82) is 0 Å². The van der Waals surface area contributed by atoms with Crippen molar-refractivity contribution < 1.29 is 24.5 Å². The molecule has 0 aliphatic carbocycles. The Kier molecular flexibility index (Phi) is 8.15. The second kappa shape index (κ2) is 11.0. The zero-order valence-electron chi connectivity index (χ0n) is 19.3. The van der Waals surface area contributed by atoms with Crippen molar-refractivity contribution in [1.82, 2.24) is 0 Å². The minimum atomic E-state index is -0.392. The van der Waals surface area contributed by atoms with Crippen LogP contribution in [0.25, 0.3) is 0 Å². The van der Waals surface area contributed by atoms with Crippen LogP contribution in [-0.4, -0.2) is 30.2 Å². The molecule has 0 aromatic heterocycles. The molecule has 0 amide bonds. The maximum atomic E-state index is 12.2. The predicted molar refractivity (Wildman–Crippen MR) is 128 cm³/mol. The molecule has 0 unspecified atom stereocenters. The summed E-state index contributed by atoms with van der Waals surface area (Å²) in [4.78, 5) is 27.7. The van der Waals surface area contributed by atoms with E-state index in [-0.39, 0.29) is 24.4 Å². The third kappa shape index (κ3) is 6.37. The number of hydrogen-bond donors (Lipinski definition) is 1. The van der Waals surface area contributed by atoms with E-state index in [9.17, 15) is 9.59 Å². The Bertz CT molecular complexity index is 1060. The summed E-state index contributed by atoms with van der Waals surface area (Å²) in [6.45, 7) is 6.44. The van der Waals surface area contributed by atoms with Crippen molar-refractivity contribution in [2.45, 2.75) is 39.0 Å². The van der Waals surface area contributed by atoms with Gasteiger partial charge < -0.3 is 4.74 Å². The van der Waals surface area contributed by atoms with Crippen LogP contribution in [0.1, 0.15) is 63.7 Å². The molecule has 1 N–H and O–H groups in total. The average Bonchev–Trinajstić information content (AvgIpc) is 2.83. The minimum absolute atomic E-state index is 0.0355. The number of benzene rings is 3. The van der Waals surface area contributed by atoms with Crippen LogP contribution in [0.2, 0.25) is 0 Å². The van der Waals surface area contributed by atoms with Crippen molar-refractivity contribution in [2.75, 3.05) is 13.2 Å². The Labute approximate surface area is 194 Å². The molecule has 0 fully saturated rings. The number of carbonyl (C=O) groups excluding carboxylic acids is 2. The predicted octanol–water partition coefficient (Wildman–Crippen LogP) is 5.65. The monoisotopic (exact) mass is 446 g/mol. The first-order valence-corrected chi connectivity index (χ1v) is 11.0. The summed E-state index contributed by atoms with van der Waals surface area (Å²) in [5, 5.41) is 8.51. The minimum Gasteiger partial charge on any atom is -0.462 e. The van der Waals surface area contributed by atoms with Gasteiger partial charge in [0.25, 0.3) is 0 Å². The molecule has 0 bridgehead atoms. The van der Waals surface area contributed by atoms with Gasteiger partial charge in [-0.2, -0.15) is 0 Å². The summed E-state index contributed by atoms with van der Waals surface area (Å²) < 4.78 is 5.39. The van der Waals surface area contributed by atoms with E-state index in [4.69, 9.17) is 9.99 Å². The molecular formula is C28H30O5. The molecule has 5 heteroatoms. The van der Waals surface area contributed by atoms with Gasteiger partial charge in [0.2, 0.25) is 0 Å². The Morgan fingerprint density at radius 3 is 1.64 bits per heavy atom. The highest BCUT2D eigenvalue weighted by atomic mass is 17.1. The Morgan fingerprint density at radius 1 is 0.727 bits per heavy atom. The fourth-order valence-electron chi connectivity index (χ4n) is 3.69. The molecule has 0 saturated carbocycles. The first-order valence-electron chi connectivity index (χ1n) is 11.0. The highest BCUT2D eigenvalue weighted by Gasteiger charge is 2.23. The van der Waals surface area contributed by atoms with Crippen LogP contribution in [0.4, 0.5) is 0 Å². The standard InChI is InChI=1S/C28H30O5/c1-20(29)23-8-10-24(11-9-23)27(30)32-18-16-21-4-12-25(13-5-21)28(2,3)26-14-6-22(7-15-26)17-19-33-31/h4-15,31H,16-19H2,1-3H3. The lowest BCUT2D eigenvalue weighted by atomic mass is 9.77. The van der Waals surface area contributed by atoms with E-state index in [1.165, 1.54) is 18.1 Å².